The van der Waals surface area contributed by atoms with E-state index in [0.29, 0.717) is 13.2 Å². The molecule has 20 heavy (non-hydrogen) atoms. The highest BCUT2D eigenvalue weighted by Gasteiger charge is 2.03. The fourth-order valence-corrected chi connectivity index (χ4v) is 1.92. The molecule has 0 radical (unpaired) electrons. The van der Waals surface area contributed by atoms with Crippen LogP contribution in [0.3, 0.4) is 0 Å². The zero-order chi connectivity index (χ0) is 14.2. The van der Waals surface area contributed by atoms with Crippen molar-refractivity contribution in [1.29, 1.82) is 0 Å². The average Bonchev–Trinajstić information content (AvgIpc) is 2.52. The second-order valence-corrected chi connectivity index (χ2v) is 4.65. The molecule has 0 amide bonds. The molecular formula is C18H19NO. The van der Waals surface area contributed by atoms with E-state index in [4.69, 9.17) is 11.2 Å². The maximum Gasteiger partial charge on any atom is 0.119 e. The molecule has 2 nitrogen and oxygen atoms in total. The lowest BCUT2D eigenvalue weighted by atomic mass is 10.1. The van der Waals surface area contributed by atoms with Crippen LogP contribution in [-0.2, 0) is 6.61 Å². The predicted octanol–water partition coefficient (Wildman–Crippen LogP) is 3.55. The Labute approximate surface area is 120 Å². The number of terminal acetylenes is 1. The second kappa shape index (κ2) is 7.37. The summed E-state index contributed by atoms with van der Waals surface area (Å²) in [5.41, 5.74) is 2.37. The molecule has 0 fully saturated rings. The Morgan fingerprint density at radius 3 is 2.45 bits per heavy atom. The Kier molecular flexibility index (Phi) is 5.23. The first-order chi connectivity index (χ1) is 9.79. The molecule has 1 N–H and O–H groups in total. The number of nitrogens with one attached hydrogen (secondary N) is 1. The minimum Gasteiger partial charge on any atom is -0.489 e. The first kappa shape index (κ1) is 14.2. The maximum atomic E-state index is 5.76. The quantitative estimate of drug-likeness (QED) is 0.806. The molecule has 2 rings (SSSR count). The molecule has 1 atom stereocenters. The van der Waals surface area contributed by atoms with Crippen LogP contribution >= 0.6 is 0 Å². The molecule has 0 bridgehead atoms. The van der Waals surface area contributed by atoms with Gasteiger partial charge in [0.25, 0.3) is 0 Å². The van der Waals surface area contributed by atoms with Crippen molar-refractivity contribution in [1.82, 2.24) is 5.32 Å². The van der Waals surface area contributed by atoms with Gasteiger partial charge in [-0.3, -0.25) is 5.32 Å². The lowest BCUT2D eigenvalue weighted by Gasteiger charge is -2.13. The summed E-state index contributed by atoms with van der Waals surface area (Å²) in [5, 5.41) is 3.25. The van der Waals surface area contributed by atoms with Crippen LogP contribution in [0.25, 0.3) is 0 Å². The van der Waals surface area contributed by atoms with Crippen molar-refractivity contribution in [2.45, 2.75) is 19.6 Å². The van der Waals surface area contributed by atoms with Gasteiger partial charge in [0.05, 0.1) is 6.54 Å². The van der Waals surface area contributed by atoms with E-state index in [9.17, 15) is 0 Å². The largest absolute Gasteiger partial charge is 0.489 e. The molecule has 0 spiro atoms. The van der Waals surface area contributed by atoms with Crippen molar-refractivity contribution in [2.24, 2.45) is 0 Å². The summed E-state index contributed by atoms with van der Waals surface area (Å²) >= 11 is 0. The highest BCUT2D eigenvalue weighted by atomic mass is 16.5. The van der Waals surface area contributed by atoms with Gasteiger partial charge < -0.3 is 4.74 Å². The highest BCUT2D eigenvalue weighted by molar-refractivity contribution is 5.29. The fraction of sp³-hybridized carbons (Fsp3) is 0.222. The third kappa shape index (κ3) is 4.15. The summed E-state index contributed by atoms with van der Waals surface area (Å²) in [6.07, 6.45) is 5.24. The number of hydrogen-bond acceptors (Lipinski definition) is 2. The standard InChI is InChI=1S/C18H19NO/c1-3-13-19-15(2)17-9-11-18(12-10-17)20-14-16-7-5-4-6-8-16/h1,4-12,15,19H,13-14H2,2H3. The van der Waals surface area contributed by atoms with Crippen LogP contribution in [0.15, 0.2) is 54.6 Å². The van der Waals surface area contributed by atoms with E-state index < -0.39 is 0 Å². The van der Waals surface area contributed by atoms with Gasteiger partial charge in [0, 0.05) is 6.04 Å². The first-order valence-corrected chi connectivity index (χ1v) is 6.73. The first-order valence-electron chi connectivity index (χ1n) is 6.73. The average molecular weight is 265 g/mol. The molecular weight excluding hydrogens is 246 g/mol. The summed E-state index contributed by atoms with van der Waals surface area (Å²) < 4.78 is 5.76. The smallest absolute Gasteiger partial charge is 0.119 e. The van der Waals surface area contributed by atoms with Gasteiger partial charge >= 0.3 is 0 Å². The Bertz CT molecular complexity index is 554. The van der Waals surface area contributed by atoms with E-state index in [0.717, 1.165) is 5.75 Å². The van der Waals surface area contributed by atoms with Gasteiger partial charge in [-0.05, 0) is 30.2 Å². The monoisotopic (exact) mass is 265 g/mol. The lowest BCUT2D eigenvalue weighted by molar-refractivity contribution is 0.306. The second-order valence-electron chi connectivity index (χ2n) is 4.65. The van der Waals surface area contributed by atoms with Gasteiger partial charge in [0.1, 0.15) is 12.4 Å². The normalized spacial score (nSPS) is 11.6. The van der Waals surface area contributed by atoms with Gasteiger partial charge in [0.15, 0.2) is 0 Å². The summed E-state index contributed by atoms with van der Waals surface area (Å²) in [6.45, 7) is 3.26. The van der Waals surface area contributed by atoms with Gasteiger partial charge in [-0.2, -0.15) is 0 Å². The Balaban J connectivity index is 1.90. The molecule has 0 aliphatic heterocycles. The third-order valence-electron chi connectivity index (χ3n) is 3.14. The number of hydrogen-bond donors (Lipinski definition) is 1. The minimum atomic E-state index is 0.245. The molecule has 0 aliphatic carbocycles. The molecule has 0 aromatic heterocycles. The molecule has 2 aromatic rings. The number of benzene rings is 2. The van der Waals surface area contributed by atoms with Crippen molar-refractivity contribution < 1.29 is 4.74 Å². The third-order valence-corrected chi connectivity index (χ3v) is 3.14. The van der Waals surface area contributed by atoms with Crippen LogP contribution in [0, 0.1) is 12.3 Å². The fourth-order valence-electron chi connectivity index (χ4n) is 1.92. The van der Waals surface area contributed by atoms with Crippen LogP contribution < -0.4 is 10.1 Å². The number of ether oxygens (including phenoxy) is 1. The predicted molar refractivity (Wildman–Crippen MR) is 82.5 cm³/mol. The van der Waals surface area contributed by atoms with Crippen molar-refractivity contribution in [3.63, 3.8) is 0 Å². The lowest BCUT2D eigenvalue weighted by Crippen LogP contribution is -2.18. The Hall–Kier alpha value is -2.24. The molecule has 0 aliphatic rings. The summed E-state index contributed by atoms with van der Waals surface area (Å²) in [5.74, 6) is 3.46. The zero-order valence-electron chi connectivity index (χ0n) is 11.7. The van der Waals surface area contributed by atoms with Crippen LogP contribution in [0.5, 0.6) is 5.75 Å². The van der Waals surface area contributed by atoms with Crippen LogP contribution in [0.4, 0.5) is 0 Å². The minimum absolute atomic E-state index is 0.245. The maximum absolute atomic E-state index is 5.76. The van der Waals surface area contributed by atoms with Crippen LogP contribution in [-0.4, -0.2) is 6.54 Å². The van der Waals surface area contributed by atoms with Crippen molar-refractivity contribution >= 4 is 0 Å². The summed E-state index contributed by atoms with van der Waals surface area (Å²) in [6, 6.07) is 18.5. The van der Waals surface area contributed by atoms with E-state index in [-0.39, 0.29) is 6.04 Å². The van der Waals surface area contributed by atoms with Gasteiger partial charge in [-0.15, -0.1) is 6.42 Å². The zero-order valence-corrected chi connectivity index (χ0v) is 11.7. The van der Waals surface area contributed by atoms with E-state index in [1.165, 1.54) is 11.1 Å². The van der Waals surface area contributed by atoms with Gasteiger partial charge in [-0.25, -0.2) is 0 Å². The molecule has 2 heteroatoms. The van der Waals surface area contributed by atoms with Crippen LogP contribution in [0.1, 0.15) is 24.1 Å². The molecule has 0 saturated carbocycles. The molecule has 0 saturated heterocycles. The van der Waals surface area contributed by atoms with E-state index in [2.05, 4.69) is 42.4 Å². The van der Waals surface area contributed by atoms with E-state index in [1.807, 2.05) is 30.3 Å². The van der Waals surface area contributed by atoms with Gasteiger partial charge in [-0.1, -0.05) is 48.4 Å². The van der Waals surface area contributed by atoms with Crippen molar-refractivity contribution in [3.8, 4) is 18.1 Å². The topological polar surface area (TPSA) is 21.3 Å². The van der Waals surface area contributed by atoms with Crippen molar-refractivity contribution in [3.05, 3.63) is 65.7 Å². The van der Waals surface area contributed by atoms with E-state index in [1.54, 1.807) is 0 Å². The van der Waals surface area contributed by atoms with Crippen LogP contribution in [0.2, 0.25) is 0 Å². The highest BCUT2D eigenvalue weighted by Crippen LogP contribution is 2.18. The Morgan fingerprint density at radius 1 is 1.10 bits per heavy atom. The molecule has 2 aromatic carbocycles. The summed E-state index contributed by atoms with van der Waals surface area (Å²) in [7, 11) is 0. The Morgan fingerprint density at radius 2 is 1.80 bits per heavy atom. The summed E-state index contributed by atoms with van der Waals surface area (Å²) in [4.78, 5) is 0. The number of rotatable bonds is 6. The van der Waals surface area contributed by atoms with E-state index >= 15 is 0 Å². The molecule has 0 heterocycles. The van der Waals surface area contributed by atoms with Crippen molar-refractivity contribution in [2.75, 3.05) is 6.54 Å². The molecule has 102 valence electrons. The SMILES string of the molecule is C#CCNC(C)c1ccc(OCc2ccccc2)cc1. The van der Waals surface area contributed by atoms with Gasteiger partial charge in [0.2, 0.25) is 0 Å². The molecule has 1 unspecified atom stereocenters.